The number of hydrogen-bond donors (Lipinski definition) is 0. The van der Waals surface area contributed by atoms with Crippen LogP contribution in [0.3, 0.4) is 0 Å². The molecule has 2 heteroatoms. The van der Waals surface area contributed by atoms with Crippen LogP contribution in [0.5, 0.6) is 5.75 Å². The van der Waals surface area contributed by atoms with Crippen LogP contribution in [0.15, 0.2) is 43.0 Å². The topological polar surface area (TPSA) is 9.23 Å². The second-order valence-electron chi connectivity index (χ2n) is 1.80. The summed E-state index contributed by atoms with van der Waals surface area (Å²) in [7, 11) is 0. The maximum Gasteiger partial charge on any atom is 1.00 e. The van der Waals surface area contributed by atoms with E-state index in [9.17, 15) is 0 Å². The molecule has 0 spiro atoms. The summed E-state index contributed by atoms with van der Waals surface area (Å²) in [5.41, 5.74) is 0. The fourth-order valence-electron chi connectivity index (χ4n) is 0.626. The first kappa shape index (κ1) is 11.4. The van der Waals surface area contributed by atoms with Crippen molar-refractivity contribution in [3.05, 3.63) is 49.6 Å². The fourth-order valence-corrected chi connectivity index (χ4v) is 0.626. The molecule has 0 N–H and O–H groups in total. The van der Waals surface area contributed by atoms with E-state index in [0.717, 1.165) is 5.75 Å². The third kappa shape index (κ3) is 4.77. The van der Waals surface area contributed by atoms with Crippen LogP contribution in [0.25, 0.3) is 0 Å². The Morgan fingerprint density at radius 1 is 1.18 bits per heavy atom. The number of hydrogen-bond acceptors (Lipinski definition) is 1. The predicted molar refractivity (Wildman–Crippen MR) is 41.6 cm³/mol. The Hall–Kier alpha value is 0.396. The number of rotatable bonds is 3. The molecule has 1 radical (unpaired) electrons. The molecule has 51 valence electrons. The van der Waals surface area contributed by atoms with E-state index in [1.54, 1.807) is 12.7 Å². The Labute approximate surface area is 110 Å². The maximum absolute atomic E-state index is 5.11. The first-order chi connectivity index (χ1) is 4.93. The van der Waals surface area contributed by atoms with Crippen molar-refractivity contribution < 1.29 is 56.1 Å². The molecule has 1 nitrogen and oxygen atoms in total. The Morgan fingerprint density at radius 2 is 1.82 bits per heavy atom. The molecule has 0 aliphatic carbocycles. The molecule has 0 amide bonds. The van der Waals surface area contributed by atoms with Crippen LogP contribution in [0.1, 0.15) is 0 Å². The monoisotopic (exact) mass is 172 g/mol. The van der Waals surface area contributed by atoms with Gasteiger partial charge in [-0.05, 0) is 18.2 Å². The molecule has 0 saturated heterocycles. The summed E-state index contributed by atoms with van der Waals surface area (Å²) in [5.74, 6) is 0.836. The molecule has 11 heavy (non-hydrogen) atoms. The summed E-state index contributed by atoms with van der Waals surface area (Å²) in [6.07, 6.45) is 1.60. The molecule has 0 saturated carbocycles. The quantitative estimate of drug-likeness (QED) is 0.554. The van der Waals surface area contributed by atoms with Crippen LogP contribution in [0.4, 0.5) is 0 Å². The van der Waals surface area contributed by atoms with E-state index in [-0.39, 0.29) is 51.4 Å². The van der Waals surface area contributed by atoms with E-state index in [1.165, 1.54) is 0 Å². The summed E-state index contributed by atoms with van der Waals surface area (Å²) in [6, 6.07) is 9.57. The van der Waals surface area contributed by atoms with E-state index in [1.807, 2.05) is 30.3 Å². The second-order valence-corrected chi connectivity index (χ2v) is 1.80. The van der Waals surface area contributed by atoms with E-state index in [0.29, 0.717) is 0 Å². The van der Waals surface area contributed by atoms with Crippen LogP contribution in [-0.2, 0) is 0 Å². The summed E-state index contributed by atoms with van der Waals surface area (Å²) in [4.78, 5) is 0. The van der Waals surface area contributed by atoms with Gasteiger partial charge in [0, 0.05) is 0 Å². The van der Waals surface area contributed by atoms with Gasteiger partial charge in [0.05, 0.1) is 0 Å². The normalized spacial score (nSPS) is 8.00. The molecule has 0 heterocycles. The molecule has 0 fully saturated rings. The van der Waals surface area contributed by atoms with Crippen LogP contribution in [0.2, 0.25) is 0 Å². The predicted octanol–water partition coefficient (Wildman–Crippen LogP) is -0.583. The molecule has 0 atom stereocenters. The average Bonchev–Trinajstić information content (AvgIpc) is 2.03. The summed E-state index contributed by atoms with van der Waals surface area (Å²) in [6.45, 7) is 5.05. The van der Waals surface area contributed by atoms with Crippen molar-refractivity contribution in [1.29, 1.82) is 0 Å². The van der Waals surface area contributed by atoms with Gasteiger partial charge in [-0.15, -0.1) is 0 Å². The Balaban J connectivity index is 0.000001000. The van der Waals surface area contributed by atoms with Crippen molar-refractivity contribution in [2.45, 2.75) is 0 Å². The molecule has 0 aliphatic heterocycles. The van der Waals surface area contributed by atoms with Crippen molar-refractivity contribution >= 4 is 0 Å². The van der Waals surface area contributed by atoms with Gasteiger partial charge in [-0.3, -0.25) is 0 Å². The van der Waals surface area contributed by atoms with Crippen molar-refractivity contribution in [2.75, 3.05) is 0 Å². The zero-order valence-electron chi connectivity index (χ0n) is 6.66. The maximum atomic E-state index is 5.11. The van der Waals surface area contributed by atoms with E-state index in [2.05, 4.69) is 6.58 Å². The van der Waals surface area contributed by atoms with Gasteiger partial charge in [0.2, 0.25) is 0 Å². The van der Waals surface area contributed by atoms with Gasteiger partial charge in [0.15, 0.2) is 6.61 Å². The minimum atomic E-state index is 0. The number of benzene rings is 1. The average molecular weight is 172 g/mol. The largest absolute Gasteiger partial charge is 1.00 e. The Morgan fingerprint density at radius 3 is 2.36 bits per heavy atom. The van der Waals surface area contributed by atoms with Gasteiger partial charge in [-0.25, -0.2) is 0 Å². The van der Waals surface area contributed by atoms with Crippen LogP contribution in [-0.4, -0.2) is 0 Å². The molecular weight excluding hydrogens is 163 g/mol. The molecule has 0 aliphatic rings. The van der Waals surface area contributed by atoms with Crippen molar-refractivity contribution in [3.8, 4) is 5.75 Å². The fraction of sp³-hybridized carbons (Fsp3) is 0. The van der Waals surface area contributed by atoms with Gasteiger partial charge in [-0.2, -0.15) is 0 Å². The zero-order chi connectivity index (χ0) is 7.23. The van der Waals surface area contributed by atoms with Crippen LogP contribution in [0, 0.1) is 6.61 Å². The first-order valence-electron chi connectivity index (χ1n) is 3.09. The third-order valence-electron chi connectivity index (χ3n) is 1.04. The minimum absolute atomic E-state index is 0. The van der Waals surface area contributed by atoms with Gasteiger partial charge >= 0.3 is 51.4 Å². The summed E-state index contributed by atoms with van der Waals surface area (Å²) >= 11 is 0. The van der Waals surface area contributed by atoms with Crippen molar-refractivity contribution in [2.24, 2.45) is 0 Å². The SMILES string of the molecule is C=C[CH]Oc1ccccc1.[K+]. The summed E-state index contributed by atoms with van der Waals surface area (Å²) < 4.78 is 5.11. The Bertz CT molecular complexity index is 196. The molecule has 0 unspecified atom stereocenters. The second kappa shape index (κ2) is 7.07. The van der Waals surface area contributed by atoms with Gasteiger partial charge in [0.25, 0.3) is 0 Å². The van der Waals surface area contributed by atoms with Gasteiger partial charge < -0.3 is 4.74 Å². The van der Waals surface area contributed by atoms with Crippen LogP contribution < -0.4 is 56.1 Å². The number of ether oxygens (including phenoxy) is 1. The summed E-state index contributed by atoms with van der Waals surface area (Å²) in [5, 5.41) is 0. The molecule has 0 bridgehead atoms. The third-order valence-corrected chi connectivity index (χ3v) is 1.04. The smallest absolute Gasteiger partial charge is 0.482 e. The van der Waals surface area contributed by atoms with E-state index in [4.69, 9.17) is 4.74 Å². The molecule has 1 aromatic carbocycles. The van der Waals surface area contributed by atoms with Crippen molar-refractivity contribution in [1.82, 2.24) is 0 Å². The first-order valence-corrected chi connectivity index (χ1v) is 3.09. The van der Waals surface area contributed by atoms with Gasteiger partial charge in [-0.1, -0.05) is 24.8 Å². The zero-order valence-corrected chi connectivity index (χ0v) is 9.78. The van der Waals surface area contributed by atoms with Crippen LogP contribution >= 0.6 is 0 Å². The molecule has 0 aromatic heterocycles. The van der Waals surface area contributed by atoms with Crippen molar-refractivity contribution in [3.63, 3.8) is 0 Å². The van der Waals surface area contributed by atoms with Gasteiger partial charge in [0.1, 0.15) is 5.75 Å². The Kier molecular flexibility index (Phi) is 7.32. The molecule has 1 aromatic rings. The number of para-hydroxylation sites is 1. The standard InChI is InChI=1S/C9H9O.K/c1-2-8-10-9-6-4-3-5-7-9;/h2-8H,1H2;/q;+1. The van der Waals surface area contributed by atoms with E-state index < -0.39 is 0 Å². The molecular formula is C9H9KO+. The molecule has 1 rings (SSSR count). The minimum Gasteiger partial charge on any atom is -0.482 e. The van der Waals surface area contributed by atoms with E-state index >= 15 is 0 Å².